The molecule has 0 aliphatic carbocycles. The van der Waals surface area contributed by atoms with Gasteiger partial charge in [-0.15, -0.1) is 0 Å². The predicted octanol–water partition coefficient (Wildman–Crippen LogP) is -0.0957. The van der Waals surface area contributed by atoms with Crippen molar-refractivity contribution in [2.24, 2.45) is 5.41 Å². The first kappa shape index (κ1) is 18.3. The number of methoxy groups -OCH3 is 2. The summed E-state index contributed by atoms with van der Waals surface area (Å²) in [5.41, 5.74) is -1.67. The van der Waals surface area contributed by atoms with Crippen LogP contribution >= 0.6 is 0 Å². The van der Waals surface area contributed by atoms with E-state index in [9.17, 15) is 19.2 Å². The van der Waals surface area contributed by atoms with Gasteiger partial charge in [0, 0.05) is 0 Å². The third-order valence-corrected chi connectivity index (χ3v) is 1.81. The van der Waals surface area contributed by atoms with Crippen LogP contribution in [0.2, 0.25) is 0 Å². The number of aliphatic carboxylic acids is 2. The summed E-state index contributed by atoms with van der Waals surface area (Å²) in [5, 5.41) is 16.5. The number of rotatable bonds is 4. The number of esters is 2. The quantitative estimate of drug-likeness (QED) is 0.532. The molecule has 0 bridgehead atoms. The summed E-state index contributed by atoms with van der Waals surface area (Å²) >= 11 is 0. The van der Waals surface area contributed by atoms with E-state index in [1.54, 1.807) is 0 Å². The van der Waals surface area contributed by atoms with Crippen LogP contribution in [-0.4, -0.2) is 48.3 Å². The topological polar surface area (TPSA) is 127 Å². The summed E-state index contributed by atoms with van der Waals surface area (Å²) in [6.07, 6.45) is -0.312. The van der Waals surface area contributed by atoms with Gasteiger partial charge in [0.15, 0.2) is 5.41 Å². The molecule has 0 amide bonds. The number of hydrogen-bond donors (Lipinski definition) is 2. The first-order chi connectivity index (χ1) is 8.09. The highest BCUT2D eigenvalue weighted by Crippen LogP contribution is 2.14. The molecule has 0 aromatic carbocycles. The van der Waals surface area contributed by atoms with Crippen molar-refractivity contribution in [1.29, 1.82) is 0 Å². The zero-order valence-corrected chi connectivity index (χ0v) is 10.6. The van der Waals surface area contributed by atoms with Crippen molar-refractivity contribution in [3.8, 4) is 0 Å². The Balaban J connectivity index is 0. The summed E-state index contributed by atoms with van der Waals surface area (Å²) < 4.78 is 8.37. The van der Waals surface area contributed by atoms with Crippen molar-refractivity contribution < 1.29 is 38.9 Å². The number of hydrogen-bond acceptors (Lipinski definition) is 6. The van der Waals surface area contributed by atoms with Gasteiger partial charge in [0.1, 0.15) is 6.42 Å². The van der Waals surface area contributed by atoms with Crippen LogP contribution in [0.15, 0.2) is 0 Å². The number of carbonyl (C=O) groups is 4. The average molecular weight is 264 g/mol. The van der Waals surface area contributed by atoms with E-state index >= 15 is 0 Å². The lowest BCUT2D eigenvalue weighted by Gasteiger charge is -2.10. The predicted molar refractivity (Wildman–Crippen MR) is 57.7 cm³/mol. The normalized spacial score (nSPS) is 9.56. The Morgan fingerprint density at radius 2 is 1.17 bits per heavy atom. The highest BCUT2D eigenvalue weighted by atomic mass is 16.5. The lowest BCUT2D eigenvalue weighted by Crippen LogP contribution is -2.32. The van der Waals surface area contributed by atoms with Crippen LogP contribution in [0.4, 0.5) is 0 Å². The summed E-state index contributed by atoms with van der Waals surface area (Å²) in [6, 6.07) is 0. The van der Waals surface area contributed by atoms with Crippen molar-refractivity contribution in [2.45, 2.75) is 20.3 Å². The van der Waals surface area contributed by atoms with Gasteiger partial charge in [-0.05, 0) is 13.8 Å². The fourth-order valence-electron chi connectivity index (χ4n) is 0.354. The molecule has 8 heteroatoms. The summed E-state index contributed by atoms with van der Waals surface area (Å²) in [6.45, 7) is 2.27. The first-order valence-electron chi connectivity index (χ1n) is 4.70. The molecule has 0 atom stereocenters. The number of ether oxygens (including phenoxy) is 2. The van der Waals surface area contributed by atoms with Gasteiger partial charge >= 0.3 is 23.9 Å². The van der Waals surface area contributed by atoms with Crippen LogP contribution in [0.5, 0.6) is 0 Å². The summed E-state index contributed by atoms with van der Waals surface area (Å²) in [4.78, 5) is 40.7. The third-order valence-electron chi connectivity index (χ3n) is 1.81. The maximum atomic E-state index is 10.3. The first-order valence-corrected chi connectivity index (χ1v) is 4.70. The summed E-state index contributed by atoms with van der Waals surface area (Å²) in [5.74, 6) is -3.81. The van der Waals surface area contributed by atoms with E-state index in [4.69, 9.17) is 10.2 Å². The molecule has 0 unspecified atom stereocenters. The maximum absolute atomic E-state index is 10.3. The lowest BCUT2D eigenvalue weighted by atomic mass is 9.95. The molecule has 104 valence electrons. The minimum atomic E-state index is -1.67. The van der Waals surface area contributed by atoms with Crippen molar-refractivity contribution in [1.82, 2.24) is 0 Å². The van der Waals surface area contributed by atoms with Gasteiger partial charge in [-0.1, -0.05) is 0 Å². The van der Waals surface area contributed by atoms with E-state index < -0.39 is 29.3 Å². The minimum Gasteiger partial charge on any atom is -0.480 e. The van der Waals surface area contributed by atoms with Crippen LogP contribution < -0.4 is 0 Å². The second kappa shape index (κ2) is 8.04. The van der Waals surface area contributed by atoms with Crippen LogP contribution in [-0.2, 0) is 28.7 Å². The average Bonchev–Trinajstić information content (AvgIpc) is 2.28. The Kier molecular flexibility index (Phi) is 8.15. The Morgan fingerprint density at radius 1 is 0.889 bits per heavy atom. The summed E-state index contributed by atoms with van der Waals surface area (Å²) in [7, 11) is 2.43. The highest BCUT2D eigenvalue weighted by molar-refractivity contribution is 5.97. The van der Waals surface area contributed by atoms with Gasteiger partial charge in [-0.25, -0.2) is 0 Å². The van der Waals surface area contributed by atoms with Crippen molar-refractivity contribution in [3.63, 3.8) is 0 Å². The van der Waals surface area contributed by atoms with E-state index in [2.05, 4.69) is 9.47 Å². The van der Waals surface area contributed by atoms with E-state index in [0.29, 0.717) is 0 Å². The molecular weight excluding hydrogens is 248 g/mol. The Morgan fingerprint density at radius 3 is 1.28 bits per heavy atom. The number of carbonyl (C=O) groups excluding carboxylic acids is 2. The van der Waals surface area contributed by atoms with Gasteiger partial charge in [0.25, 0.3) is 0 Å². The standard InChI is InChI=1S/2C5H8O4/c1-5(2,3(6)7)4(8)9;1-8-4(6)3-5(7)9-2/h1-2H3,(H,6,7)(H,8,9);3H2,1-2H3. The number of carboxylic acids is 2. The fourth-order valence-corrected chi connectivity index (χ4v) is 0.354. The Labute approximate surface area is 103 Å². The van der Waals surface area contributed by atoms with Crippen molar-refractivity contribution in [2.75, 3.05) is 14.2 Å². The molecule has 0 aliphatic rings. The van der Waals surface area contributed by atoms with Crippen LogP contribution in [0.1, 0.15) is 20.3 Å². The van der Waals surface area contributed by atoms with E-state index in [1.807, 2.05) is 0 Å². The molecule has 0 radical (unpaired) electrons. The van der Waals surface area contributed by atoms with Gasteiger partial charge in [-0.3, -0.25) is 19.2 Å². The molecule has 0 fully saturated rings. The SMILES string of the molecule is CC(C)(C(=O)O)C(=O)O.COC(=O)CC(=O)OC. The van der Waals surface area contributed by atoms with E-state index in [0.717, 1.165) is 13.8 Å². The third kappa shape index (κ3) is 7.20. The largest absolute Gasteiger partial charge is 0.480 e. The zero-order valence-electron chi connectivity index (χ0n) is 10.6. The molecule has 8 nitrogen and oxygen atoms in total. The molecule has 0 aromatic heterocycles. The molecule has 0 rings (SSSR count). The molecule has 0 saturated carbocycles. The van der Waals surface area contributed by atoms with Crippen LogP contribution in [0.25, 0.3) is 0 Å². The Bertz CT molecular complexity index is 301. The lowest BCUT2D eigenvalue weighted by molar-refractivity contribution is -0.162. The number of carboxylic acid groups (broad SMARTS) is 2. The van der Waals surface area contributed by atoms with Gasteiger partial charge in [0.05, 0.1) is 14.2 Å². The van der Waals surface area contributed by atoms with Gasteiger partial charge < -0.3 is 19.7 Å². The minimum absolute atomic E-state index is 0.312. The van der Waals surface area contributed by atoms with Gasteiger partial charge in [0.2, 0.25) is 0 Å². The molecule has 0 saturated heterocycles. The van der Waals surface area contributed by atoms with E-state index in [-0.39, 0.29) is 6.42 Å². The van der Waals surface area contributed by atoms with Gasteiger partial charge in [-0.2, -0.15) is 0 Å². The molecule has 0 aliphatic heterocycles. The van der Waals surface area contributed by atoms with Crippen molar-refractivity contribution >= 4 is 23.9 Å². The van der Waals surface area contributed by atoms with E-state index in [1.165, 1.54) is 14.2 Å². The maximum Gasteiger partial charge on any atom is 0.320 e. The molecule has 0 spiro atoms. The monoisotopic (exact) mass is 264 g/mol. The van der Waals surface area contributed by atoms with Crippen LogP contribution in [0.3, 0.4) is 0 Å². The fraction of sp³-hybridized carbons (Fsp3) is 0.600. The zero-order chi connectivity index (χ0) is 14.9. The molecule has 0 heterocycles. The molecule has 0 aromatic rings. The second-order valence-electron chi connectivity index (χ2n) is 3.56. The molecular formula is C10H16O8. The highest BCUT2D eigenvalue weighted by Gasteiger charge is 2.35. The van der Waals surface area contributed by atoms with Crippen molar-refractivity contribution in [3.05, 3.63) is 0 Å². The molecule has 2 N–H and O–H groups in total. The Hall–Kier alpha value is -2.12. The van der Waals surface area contributed by atoms with Crippen LogP contribution in [0, 0.1) is 5.41 Å². The second-order valence-corrected chi connectivity index (χ2v) is 3.56. The smallest absolute Gasteiger partial charge is 0.320 e. The molecule has 18 heavy (non-hydrogen) atoms.